The summed E-state index contributed by atoms with van der Waals surface area (Å²) in [6.45, 7) is 14.3. The van der Waals surface area contributed by atoms with Crippen molar-refractivity contribution in [1.82, 2.24) is 5.32 Å². The summed E-state index contributed by atoms with van der Waals surface area (Å²) in [4.78, 5) is 0. The zero-order valence-corrected chi connectivity index (χ0v) is 15.8. The molecule has 1 heteroatoms. The second-order valence-electron chi connectivity index (χ2n) is 7.52. The maximum absolute atomic E-state index is 4.16. The maximum atomic E-state index is 4.16. The lowest BCUT2D eigenvalue weighted by atomic mass is 10.00. The van der Waals surface area contributed by atoms with Crippen LogP contribution in [0.15, 0.2) is 36.5 Å². The third kappa shape index (κ3) is 9.48. The maximum Gasteiger partial charge on any atom is 0.0143 e. The van der Waals surface area contributed by atoms with Crippen molar-refractivity contribution in [3.8, 4) is 0 Å². The first-order chi connectivity index (χ1) is 11.0. The van der Waals surface area contributed by atoms with Crippen LogP contribution in [-0.4, -0.2) is 6.54 Å². The van der Waals surface area contributed by atoms with Gasteiger partial charge in [0, 0.05) is 12.2 Å². The van der Waals surface area contributed by atoms with Gasteiger partial charge in [0.2, 0.25) is 0 Å². The van der Waals surface area contributed by atoms with E-state index in [2.05, 4.69) is 63.9 Å². The molecule has 0 radical (unpaired) electrons. The molecule has 0 bridgehead atoms. The predicted molar refractivity (Wildman–Crippen MR) is 104 cm³/mol. The lowest BCUT2D eigenvalue weighted by Gasteiger charge is -2.10. The van der Waals surface area contributed by atoms with Crippen molar-refractivity contribution < 1.29 is 0 Å². The lowest BCUT2D eigenvalue weighted by molar-refractivity contribution is 0.521. The van der Waals surface area contributed by atoms with Gasteiger partial charge in [0.15, 0.2) is 0 Å². The number of nitrogens with one attached hydrogen (secondary N) is 1. The summed E-state index contributed by atoms with van der Waals surface area (Å²) >= 11 is 0. The van der Waals surface area contributed by atoms with Gasteiger partial charge in [-0.15, -0.1) is 0 Å². The average Bonchev–Trinajstić information content (AvgIpc) is 2.51. The van der Waals surface area contributed by atoms with Crippen LogP contribution < -0.4 is 5.32 Å². The Bertz CT molecular complexity index is 428. The molecule has 1 rings (SSSR count). The van der Waals surface area contributed by atoms with E-state index in [0.717, 1.165) is 25.3 Å². The zero-order valence-electron chi connectivity index (χ0n) is 15.8. The first-order valence-electron chi connectivity index (χ1n) is 9.49. The summed E-state index contributed by atoms with van der Waals surface area (Å²) in [6.07, 6.45) is 8.73. The molecule has 0 atom stereocenters. The van der Waals surface area contributed by atoms with Gasteiger partial charge in [-0.25, -0.2) is 0 Å². The van der Waals surface area contributed by atoms with Crippen LogP contribution in [0.5, 0.6) is 0 Å². The minimum Gasteiger partial charge on any atom is -0.389 e. The summed E-state index contributed by atoms with van der Waals surface area (Å²) in [5.74, 6) is 1.46. The SMILES string of the molecule is C=C(CCCc1ccc(C(C)C)cc1)NCCCCCC(C)C. The minimum atomic E-state index is 0.619. The van der Waals surface area contributed by atoms with Gasteiger partial charge in [0.1, 0.15) is 0 Å². The molecule has 0 saturated carbocycles. The summed E-state index contributed by atoms with van der Waals surface area (Å²) in [5, 5.41) is 3.49. The standard InChI is InChI=1S/C22H37N/c1-18(2)10-7-6-8-17-23-20(5)11-9-12-21-13-15-22(16-14-21)19(3)4/h13-16,18-19,23H,5-12,17H2,1-4H3. The minimum absolute atomic E-state index is 0.619. The molecule has 0 saturated heterocycles. The Labute approximate surface area is 144 Å². The highest BCUT2D eigenvalue weighted by Gasteiger charge is 2.00. The molecule has 0 aliphatic heterocycles. The zero-order chi connectivity index (χ0) is 17.1. The number of allylic oxidation sites excluding steroid dienone is 1. The largest absolute Gasteiger partial charge is 0.389 e. The van der Waals surface area contributed by atoms with E-state index in [9.17, 15) is 0 Å². The van der Waals surface area contributed by atoms with Gasteiger partial charge in [0.05, 0.1) is 0 Å². The Morgan fingerprint density at radius 1 is 0.957 bits per heavy atom. The molecule has 1 aromatic rings. The van der Waals surface area contributed by atoms with Crippen LogP contribution in [0.3, 0.4) is 0 Å². The third-order valence-corrected chi connectivity index (χ3v) is 4.42. The van der Waals surface area contributed by atoms with Crippen LogP contribution in [-0.2, 0) is 6.42 Å². The number of aryl methyl sites for hydroxylation is 1. The fourth-order valence-electron chi connectivity index (χ4n) is 2.78. The Hall–Kier alpha value is -1.24. The van der Waals surface area contributed by atoms with Crippen LogP contribution in [0, 0.1) is 5.92 Å². The summed E-state index contributed by atoms with van der Waals surface area (Å²) in [5.41, 5.74) is 4.07. The van der Waals surface area contributed by atoms with E-state index >= 15 is 0 Å². The smallest absolute Gasteiger partial charge is 0.0143 e. The second kappa shape index (κ2) is 11.3. The van der Waals surface area contributed by atoms with Crippen LogP contribution in [0.1, 0.15) is 83.3 Å². The molecule has 1 N–H and O–H groups in total. The molecular weight excluding hydrogens is 278 g/mol. The van der Waals surface area contributed by atoms with E-state index in [1.54, 1.807) is 0 Å². The Balaban J connectivity index is 2.07. The van der Waals surface area contributed by atoms with E-state index in [0.29, 0.717) is 5.92 Å². The quantitative estimate of drug-likeness (QED) is 0.437. The van der Waals surface area contributed by atoms with Crippen molar-refractivity contribution in [2.24, 2.45) is 5.92 Å². The number of benzene rings is 1. The van der Waals surface area contributed by atoms with Crippen molar-refractivity contribution in [3.63, 3.8) is 0 Å². The van der Waals surface area contributed by atoms with E-state index in [4.69, 9.17) is 0 Å². The van der Waals surface area contributed by atoms with Gasteiger partial charge in [-0.05, 0) is 48.6 Å². The van der Waals surface area contributed by atoms with Crippen molar-refractivity contribution in [2.75, 3.05) is 6.54 Å². The third-order valence-electron chi connectivity index (χ3n) is 4.42. The van der Waals surface area contributed by atoms with Gasteiger partial charge in [-0.2, -0.15) is 0 Å². The van der Waals surface area contributed by atoms with Crippen LogP contribution in [0.4, 0.5) is 0 Å². The van der Waals surface area contributed by atoms with Crippen LogP contribution in [0.2, 0.25) is 0 Å². The van der Waals surface area contributed by atoms with Crippen molar-refractivity contribution >= 4 is 0 Å². The van der Waals surface area contributed by atoms with Gasteiger partial charge >= 0.3 is 0 Å². The van der Waals surface area contributed by atoms with Crippen molar-refractivity contribution in [3.05, 3.63) is 47.7 Å². The van der Waals surface area contributed by atoms with E-state index in [1.165, 1.54) is 48.9 Å². The topological polar surface area (TPSA) is 12.0 Å². The van der Waals surface area contributed by atoms with Crippen LogP contribution in [0.25, 0.3) is 0 Å². The van der Waals surface area contributed by atoms with Gasteiger partial charge in [-0.3, -0.25) is 0 Å². The first-order valence-corrected chi connectivity index (χ1v) is 9.49. The Morgan fingerprint density at radius 3 is 2.26 bits per heavy atom. The highest BCUT2D eigenvalue weighted by molar-refractivity contribution is 5.24. The molecule has 0 heterocycles. The Morgan fingerprint density at radius 2 is 1.65 bits per heavy atom. The molecular formula is C22H37N. The van der Waals surface area contributed by atoms with Gasteiger partial charge in [0.25, 0.3) is 0 Å². The van der Waals surface area contributed by atoms with Crippen LogP contribution >= 0.6 is 0 Å². The molecule has 0 aliphatic carbocycles. The highest BCUT2D eigenvalue weighted by Crippen LogP contribution is 2.16. The fraction of sp³-hybridized carbons (Fsp3) is 0.636. The normalized spacial score (nSPS) is 11.2. The summed E-state index contributed by atoms with van der Waals surface area (Å²) < 4.78 is 0. The molecule has 130 valence electrons. The lowest BCUT2D eigenvalue weighted by Crippen LogP contribution is -2.14. The number of unbranched alkanes of at least 4 members (excludes halogenated alkanes) is 2. The van der Waals surface area contributed by atoms with Crippen molar-refractivity contribution in [1.29, 1.82) is 0 Å². The first kappa shape index (κ1) is 19.8. The number of hydrogen-bond acceptors (Lipinski definition) is 1. The predicted octanol–water partition coefficient (Wildman–Crippen LogP) is 6.45. The number of rotatable bonds is 12. The van der Waals surface area contributed by atoms with Gasteiger partial charge < -0.3 is 5.32 Å². The molecule has 0 fully saturated rings. The molecule has 23 heavy (non-hydrogen) atoms. The summed E-state index contributed by atoms with van der Waals surface area (Å²) in [7, 11) is 0. The van der Waals surface area contributed by atoms with E-state index in [-0.39, 0.29) is 0 Å². The monoisotopic (exact) mass is 315 g/mol. The fourth-order valence-corrected chi connectivity index (χ4v) is 2.78. The Kier molecular flexibility index (Phi) is 9.75. The van der Waals surface area contributed by atoms with E-state index < -0.39 is 0 Å². The molecule has 0 aliphatic rings. The second-order valence-corrected chi connectivity index (χ2v) is 7.52. The van der Waals surface area contributed by atoms with E-state index in [1.807, 2.05) is 0 Å². The molecule has 1 aromatic carbocycles. The molecule has 1 nitrogen and oxygen atoms in total. The molecule has 0 aromatic heterocycles. The molecule has 0 unspecified atom stereocenters. The number of hydrogen-bond donors (Lipinski definition) is 1. The van der Waals surface area contributed by atoms with Crippen molar-refractivity contribution in [2.45, 2.75) is 78.6 Å². The summed E-state index contributed by atoms with van der Waals surface area (Å²) in [6, 6.07) is 9.09. The average molecular weight is 316 g/mol. The highest BCUT2D eigenvalue weighted by atomic mass is 14.9. The molecule has 0 amide bonds. The van der Waals surface area contributed by atoms with Gasteiger partial charge in [-0.1, -0.05) is 77.8 Å². The molecule has 0 spiro atoms.